The number of nitrogen functional groups attached to an aromatic ring is 1. The third-order valence-corrected chi connectivity index (χ3v) is 4.20. The number of rotatable bonds is 3. The molecule has 2 rings (SSSR count). The molecule has 0 radical (unpaired) electrons. The average Bonchev–Trinajstić information content (AvgIpc) is 2.61. The predicted molar refractivity (Wildman–Crippen MR) is 82.5 cm³/mol. The van der Waals surface area contributed by atoms with E-state index in [0.29, 0.717) is 16.4 Å². The molecule has 0 aliphatic rings. The van der Waals surface area contributed by atoms with Gasteiger partial charge in [0, 0.05) is 15.6 Å². The summed E-state index contributed by atoms with van der Waals surface area (Å²) in [6, 6.07) is 4.83. The highest BCUT2D eigenvalue weighted by Crippen LogP contribution is 2.22. The van der Waals surface area contributed by atoms with Gasteiger partial charge in [0.2, 0.25) is 5.91 Å². The highest BCUT2D eigenvalue weighted by Gasteiger charge is 2.12. The van der Waals surface area contributed by atoms with Crippen LogP contribution in [0.5, 0.6) is 0 Å². The highest BCUT2D eigenvalue weighted by atomic mass is 35.5. The van der Waals surface area contributed by atoms with Crippen LogP contribution in [0, 0.1) is 13.8 Å². The molecule has 0 saturated carbocycles. The van der Waals surface area contributed by atoms with Gasteiger partial charge in [0.15, 0.2) is 0 Å². The summed E-state index contributed by atoms with van der Waals surface area (Å²) in [5.41, 5.74) is 7.42. The summed E-state index contributed by atoms with van der Waals surface area (Å²) in [4.78, 5) is 24.5. The van der Waals surface area contributed by atoms with E-state index in [1.807, 2.05) is 13.8 Å². The summed E-state index contributed by atoms with van der Waals surface area (Å²) < 4.78 is 1.44. The van der Waals surface area contributed by atoms with Gasteiger partial charge in [-0.15, -0.1) is 0 Å². The van der Waals surface area contributed by atoms with Crippen molar-refractivity contribution >= 4 is 40.2 Å². The fourth-order valence-electron chi connectivity index (χ4n) is 1.74. The molecule has 20 heavy (non-hydrogen) atoms. The lowest BCUT2D eigenvalue weighted by atomic mass is 10.2. The number of benzene rings is 1. The second kappa shape index (κ2) is 5.68. The normalized spacial score (nSPS) is 10.6. The molecule has 2 aromatic rings. The van der Waals surface area contributed by atoms with Gasteiger partial charge < -0.3 is 11.1 Å². The summed E-state index contributed by atoms with van der Waals surface area (Å²) in [5, 5.41) is 3.14. The van der Waals surface area contributed by atoms with E-state index in [1.54, 1.807) is 18.2 Å². The van der Waals surface area contributed by atoms with E-state index in [4.69, 9.17) is 17.3 Å². The van der Waals surface area contributed by atoms with Crippen molar-refractivity contribution < 1.29 is 4.79 Å². The Morgan fingerprint density at radius 3 is 2.75 bits per heavy atom. The SMILES string of the molecule is Cc1sc(=O)n(CC(=O)Nc2cc(Cl)ccc2N)c1C. The highest BCUT2D eigenvalue weighted by molar-refractivity contribution is 7.09. The molecule has 1 amide bonds. The first kappa shape index (κ1) is 14.6. The number of anilines is 2. The van der Waals surface area contributed by atoms with Crippen LogP contribution in [0.4, 0.5) is 11.4 Å². The molecule has 0 aliphatic carbocycles. The molecular formula is C13H14ClN3O2S. The number of amides is 1. The van der Waals surface area contributed by atoms with E-state index in [2.05, 4.69) is 5.32 Å². The van der Waals surface area contributed by atoms with Crippen LogP contribution in [0.15, 0.2) is 23.0 Å². The standard InChI is InChI=1S/C13H14ClN3O2S/c1-7-8(2)20-13(19)17(7)6-12(18)16-11-5-9(14)3-4-10(11)15/h3-5H,6,15H2,1-2H3,(H,16,18). The number of aromatic nitrogens is 1. The molecule has 7 heteroatoms. The Morgan fingerprint density at radius 2 is 2.15 bits per heavy atom. The van der Waals surface area contributed by atoms with E-state index in [1.165, 1.54) is 4.57 Å². The molecule has 0 saturated heterocycles. The van der Waals surface area contributed by atoms with Crippen LogP contribution in [-0.4, -0.2) is 10.5 Å². The summed E-state index contributed by atoms with van der Waals surface area (Å²) in [6.07, 6.45) is 0. The molecular weight excluding hydrogens is 298 g/mol. The number of carbonyl (C=O) groups excluding carboxylic acids is 1. The van der Waals surface area contributed by atoms with Gasteiger partial charge in [-0.1, -0.05) is 22.9 Å². The number of aryl methyl sites for hydroxylation is 1. The fourth-order valence-corrected chi connectivity index (χ4v) is 2.74. The van der Waals surface area contributed by atoms with E-state index < -0.39 is 0 Å². The number of hydrogen-bond acceptors (Lipinski definition) is 4. The van der Waals surface area contributed by atoms with Gasteiger partial charge in [0.25, 0.3) is 0 Å². The summed E-state index contributed by atoms with van der Waals surface area (Å²) >= 11 is 6.99. The molecule has 0 fully saturated rings. The topological polar surface area (TPSA) is 77.1 Å². The molecule has 5 nitrogen and oxygen atoms in total. The lowest BCUT2D eigenvalue weighted by molar-refractivity contribution is -0.116. The van der Waals surface area contributed by atoms with Crippen molar-refractivity contribution in [2.75, 3.05) is 11.1 Å². The van der Waals surface area contributed by atoms with Gasteiger partial charge in [0.1, 0.15) is 6.54 Å². The molecule has 0 aliphatic heterocycles. The summed E-state index contributed by atoms with van der Waals surface area (Å²) in [6.45, 7) is 3.62. The van der Waals surface area contributed by atoms with Crippen molar-refractivity contribution in [3.63, 3.8) is 0 Å². The maximum absolute atomic E-state index is 12.0. The number of halogens is 1. The minimum Gasteiger partial charge on any atom is -0.397 e. The van der Waals surface area contributed by atoms with Crippen LogP contribution >= 0.6 is 22.9 Å². The zero-order valence-electron chi connectivity index (χ0n) is 11.1. The Bertz CT molecular complexity index is 721. The smallest absolute Gasteiger partial charge is 0.308 e. The quantitative estimate of drug-likeness (QED) is 0.854. The number of hydrogen-bond donors (Lipinski definition) is 2. The van der Waals surface area contributed by atoms with Crippen molar-refractivity contribution in [2.45, 2.75) is 20.4 Å². The Balaban J connectivity index is 2.17. The molecule has 1 heterocycles. The second-order valence-electron chi connectivity index (χ2n) is 4.38. The number of nitrogens with one attached hydrogen (secondary N) is 1. The molecule has 3 N–H and O–H groups in total. The van der Waals surface area contributed by atoms with Crippen LogP contribution in [0.3, 0.4) is 0 Å². The Hall–Kier alpha value is -1.79. The lowest BCUT2D eigenvalue weighted by Gasteiger charge is -2.09. The minimum atomic E-state index is -0.318. The zero-order chi connectivity index (χ0) is 14.9. The number of nitrogens with two attached hydrogens (primary N) is 1. The van der Waals surface area contributed by atoms with Gasteiger partial charge in [-0.3, -0.25) is 14.2 Å². The van der Waals surface area contributed by atoms with Crippen LogP contribution in [0.1, 0.15) is 10.6 Å². The number of nitrogens with zero attached hydrogens (tertiary/aromatic N) is 1. The summed E-state index contributed by atoms with van der Waals surface area (Å²) in [5.74, 6) is -0.318. The van der Waals surface area contributed by atoms with Gasteiger partial charge in [0.05, 0.1) is 11.4 Å². The van der Waals surface area contributed by atoms with Crippen molar-refractivity contribution in [2.24, 2.45) is 0 Å². The van der Waals surface area contributed by atoms with Crippen molar-refractivity contribution in [1.82, 2.24) is 4.57 Å². The first-order chi connectivity index (χ1) is 9.38. The maximum Gasteiger partial charge on any atom is 0.308 e. The molecule has 1 aromatic carbocycles. The van der Waals surface area contributed by atoms with E-state index in [-0.39, 0.29) is 17.3 Å². The first-order valence-electron chi connectivity index (χ1n) is 5.90. The van der Waals surface area contributed by atoms with Crippen LogP contribution in [0.2, 0.25) is 5.02 Å². The van der Waals surface area contributed by atoms with Crippen molar-refractivity contribution in [3.05, 3.63) is 43.5 Å². The van der Waals surface area contributed by atoms with E-state index >= 15 is 0 Å². The zero-order valence-corrected chi connectivity index (χ0v) is 12.6. The number of carbonyl (C=O) groups is 1. The lowest BCUT2D eigenvalue weighted by Crippen LogP contribution is -2.25. The Morgan fingerprint density at radius 1 is 1.45 bits per heavy atom. The van der Waals surface area contributed by atoms with Gasteiger partial charge in [-0.2, -0.15) is 0 Å². The third kappa shape index (κ3) is 3.02. The Kier molecular flexibility index (Phi) is 4.15. The van der Waals surface area contributed by atoms with Gasteiger partial charge in [-0.25, -0.2) is 0 Å². The van der Waals surface area contributed by atoms with Crippen LogP contribution < -0.4 is 15.9 Å². The van der Waals surface area contributed by atoms with Crippen LogP contribution in [-0.2, 0) is 11.3 Å². The monoisotopic (exact) mass is 311 g/mol. The molecule has 1 aromatic heterocycles. The predicted octanol–water partition coefficient (Wildman–Crippen LogP) is 2.40. The third-order valence-electron chi connectivity index (χ3n) is 2.97. The Labute approximate surface area is 125 Å². The fraction of sp³-hybridized carbons (Fsp3) is 0.231. The molecule has 0 bridgehead atoms. The molecule has 0 spiro atoms. The number of thiazole rings is 1. The van der Waals surface area contributed by atoms with Crippen molar-refractivity contribution in [3.8, 4) is 0 Å². The second-order valence-corrected chi connectivity index (χ2v) is 5.98. The molecule has 0 unspecified atom stereocenters. The first-order valence-corrected chi connectivity index (χ1v) is 7.09. The minimum absolute atomic E-state index is 0.0407. The average molecular weight is 312 g/mol. The van der Waals surface area contributed by atoms with Gasteiger partial charge >= 0.3 is 4.87 Å². The largest absolute Gasteiger partial charge is 0.397 e. The van der Waals surface area contributed by atoms with Crippen molar-refractivity contribution in [1.29, 1.82) is 0 Å². The maximum atomic E-state index is 12.0. The van der Waals surface area contributed by atoms with Crippen LogP contribution in [0.25, 0.3) is 0 Å². The molecule has 0 atom stereocenters. The van der Waals surface area contributed by atoms with E-state index in [9.17, 15) is 9.59 Å². The van der Waals surface area contributed by atoms with E-state index in [0.717, 1.165) is 21.9 Å². The summed E-state index contributed by atoms with van der Waals surface area (Å²) in [7, 11) is 0. The van der Waals surface area contributed by atoms with Gasteiger partial charge in [-0.05, 0) is 32.0 Å². The molecule has 106 valence electrons.